The van der Waals surface area contributed by atoms with Crippen molar-refractivity contribution in [2.45, 2.75) is 59.0 Å². The van der Waals surface area contributed by atoms with E-state index >= 15 is 0 Å². The third-order valence-corrected chi connectivity index (χ3v) is 7.70. The Morgan fingerprint density at radius 2 is 1.78 bits per heavy atom. The van der Waals surface area contributed by atoms with Gasteiger partial charge in [-0.1, -0.05) is 43.6 Å². The van der Waals surface area contributed by atoms with Gasteiger partial charge in [0.2, 0.25) is 21.8 Å². The number of methoxy groups -OCH3 is 1. The molecule has 0 fully saturated rings. The van der Waals surface area contributed by atoms with Crippen LogP contribution in [0.2, 0.25) is 5.02 Å². The summed E-state index contributed by atoms with van der Waals surface area (Å²) in [5.74, 6) is 0.288. The summed E-state index contributed by atoms with van der Waals surface area (Å²) in [4.78, 5) is 28.0. The van der Waals surface area contributed by atoms with Crippen molar-refractivity contribution < 1.29 is 22.7 Å². The average molecular weight is 552 g/mol. The Morgan fingerprint density at radius 3 is 2.35 bits per heavy atom. The number of hydrogen-bond acceptors (Lipinski definition) is 5. The molecule has 0 radical (unpaired) electrons. The Bertz CT molecular complexity index is 1160. The molecule has 0 saturated carbocycles. The smallest absolute Gasteiger partial charge is 0.242 e. The number of rotatable bonds is 14. The summed E-state index contributed by atoms with van der Waals surface area (Å²) in [6.45, 7) is 6.50. The van der Waals surface area contributed by atoms with Crippen molar-refractivity contribution in [2.24, 2.45) is 0 Å². The standard InChI is InChI=1S/C27H38ClN3O5S/c1-6-17-29-27(33)24(7-2)30(19-21-13-15-22(36-4)16-14-21)26(32)12-9-18-31(37(5,34)35)25-11-8-10-23(28)20(25)3/h8,10-11,13-16,24H,6-7,9,12,17-19H2,1-5H3,(H,29,33)/t24-/m1/s1. The summed E-state index contributed by atoms with van der Waals surface area (Å²) in [5.41, 5.74) is 2.01. The first-order chi connectivity index (χ1) is 17.5. The molecule has 2 amide bonds. The van der Waals surface area contributed by atoms with E-state index in [4.69, 9.17) is 16.3 Å². The van der Waals surface area contributed by atoms with Crippen LogP contribution in [-0.4, -0.2) is 57.6 Å². The van der Waals surface area contributed by atoms with Crippen molar-refractivity contribution >= 4 is 39.1 Å². The van der Waals surface area contributed by atoms with Gasteiger partial charge < -0.3 is 15.0 Å². The second-order valence-corrected chi connectivity index (χ2v) is 11.2. The number of amides is 2. The van der Waals surface area contributed by atoms with E-state index in [-0.39, 0.29) is 37.7 Å². The van der Waals surface area contributed by atoms with Gasteiger partial charge in [0.05, 0.1) is 19.1 Å². The molecule has 0 spiro atoms. The first-order valence-electron chi connectivity index (χ1n) is 12.5. The quantitative estimate of drug-likeness (QED) is 0.372. The average Bonchev–Trinajstić information content (AvgIpc) is 2.86. The number of carbonyl (C=O) groups is 2. The molecule has 0 aliphatic rings. The van der Waals surface area contributed by atoms with Crippen molar-refractivity contribution in [1.82, 2.24) is 10.2 Å². The van der Waals surface area contributed by atoms with E-state index in [1.807, 2.05) is 38.1 Å². The van der Waals surface area contributed by atoms with Gasteiger partial charge in [-0.25, -0.2) is 8.42 Å². The molecule has 10 heteroatoms. The fraction of sp³-hybridized carbons (Fsp3) is 0.481. The Balaban J connectivity index is 2.24. The van der Waals surface area contributed by atoms with Gasteiger partial charge in [0, 0.05) is 31.1 Å². The van der Waals surface area contributed by atoms with Crippen molar-refractivity contribution in [3.05, 3.63) is 58.6 Å². The van der Waals surface area contributed by atoms with E-state index in [0.29, 0.717) is 35.0 Å². The van der Waals surface area contributed by atoms with Gasteiger partial charge in [0.25, 0.3) is 0 Å². The minimum atomic E-state index is -3.60. The number of halogens is 1. The van der Waals surface area contributed by atoms with E-state index in [1.165, 1.54) is 4.31 Å². The summed E-state index contributed by atoms with van der Waals surface area (Å²) >= 11 is 6.22. The third kappa shape index (κ3) is 8.64. The van der Waals surface area contributed by atoms with Gasteiger partial charge >= 0.3 is 0 Å². The second kappa shape index (κ2) is 14.2. The van der Waals surface area contributed by atoms with Gasteiger partial charge in [-0.15, -0.1) is 0 Å². The predicted molar refractivity (Wildman–Crippen MR) is 149 cm³/mol. The fourth-order valence-electron chi connectivity index (χ4n) is 4.06. The molecular formula is C27H38ClN3O5S. The minimum absolute atomic E-state index is 0.0827. The summed E-state index contributed by atoms with van der Waals surface area (Å²) in [6, 6.07) is 11.8. The topological polar surface area (TPSA) is 96.0 Å². The highest BCUT2D eigenvalue weighted by Crippen LogP contribution is 2.28. The molecule has 0 heterocycles. The summed E-state index contributed by atoms with van der Waals surface area (Å²) < 4.78 is 31.6. The zero-order valence-electron chi connectivity index (χ0n) is 22.3. The molecule has 37 heavy (non-hydrogen) atoms. The largest absolute Gasteiger partial charge is 0.497 e. The van der Waals surface area contributed by atoms with Gasteiger partial charge in [0.1, 0.15) is 11.8 Å². The lowest BCUT2D eigenvalue weighted by molar-refractivity contribution is -0.141. The van der Waals surface area contributed by atoms with Crippen LogP contribution in [0.15, 0.2) is 42.5 Å². The van der Waals surface area contributed by atoms with Crippen molar-refractivity contribution in [3.8, 4) is 5.75 Å². The van der Waals surface area contributed by atoms with E-state index in [9.17, 15) is 18.0 Å². The van der Waals surface area contributed by atoms with Crippen LogP contribution < -0.4 is 14.4 Å². The molecule has 0 aliphatic heterocycles. The van der Waals surface area contributed by atoms with Crippen LogP contribution in [0.5, 0.6) is 5.75 Å². The number of anilines is 1. The van der Waals surface area contributed by atoms with Crippen molar-refractivity contribution in [3.63, 3.8) is 0 Å². The van der Waals surface area contributed by atoms with Crippen LogP contribution in [0.4, 0.5) is 5.69 Å². The van der Waals surface area contributed by atoms with Gasteiger partial charge in [-0.05, 0) is 61.6 Å². The maximum absolute atomic E-state index is 13.5. The Hall–Kier alpha value is -2.78. The molecule has 2 aromatic rings. The molecule has 0 aromatic heterocycles. The Morgan fingerprint density at radius 1 is 1.11 bits per heavy atom. The molecule has 204 valence electrons. The lowest BCUT2D eigenvalue weighted by atomic mass is 10.1. The normalized spacial score (nSPS) is 12.1. The van der Waals surface area contributed by atoms with Crippen molar-refractivity contribution in [1.29, 1.82) is 0 Å². The van der Waals surface area contributed by atoms with E-state index in [2.05, 4.69) is 5.32 Å². The summed E-state index contributed by atoms with van der Waals surface area (Å²) in [5, 5.41) is 3.37. The predicted octanol–water partition coefficient (Wildman–Crippen LogP) is 4.54. The highest BCUT2D eigenvalue weighted by molar-refractivity contribution is 7.92. The van der Waals surface area contributed by atoms with Crippen LogP contribution in [0.3, 0.4) is 0 Å². The molecule has 8 nitrogen and oxygen atoms in total. The molecule has 2 rings (SSSR count). The van der Waals surface area contributed by atoms with E-state index < -0.39 is 16.1 Å². The highest BCUT2D eigenvalue weighted by Gasteiger charge is 2.29. The molecule has 0 aliphatic carbocycles. The maximum Gasteiger partial charge on any atom is 0.242 e. The van der Waals surface area contributed by atoms with E-state index in [0.717, 1.165) is 18.2 Å². The monoisotopic (exact) mass is 551 g/mol. The summed E-state index contributed by atoms with van der Waals surface area (Å²) in [7, 11) is -2.02. The number of carbonyl (C=O) groups excluding carboxylic acids is 2. The molecule has 1 atom stereocenters. The number of nitrogens with zero attached hydrogens (tertiary/aromatic N) is 2. The van der Waals surface area contributed by atoms with Gasteiger partial charge in [-0.2, -0.15) is 0 Å². The van der Waals surface area contributed by atoms with Crippen molar-refractivity contribution in [2.75, 3.05) is 30.8 Å². The highest BCUT2D eigenvalue weighted by atomic mass is 35.5. The van der Waals surface area contributed by atoms with Crippen LogP contribution in [0.1, 0.15) is 50.7 Å². The number of benzene rings is 2. The van der Waals surface area contributed by atoms with Gasteiger partial charge in [-0.3, -0.25) is 13.9 Å². The summed E-state index contributed by atoms with van der Waals surface area (Å²) in [6.07, 6.45) is 2.74. The number of ether oxygens (including phenoxy) is 1. The van der Waals surface area contributed by atoms with Gasteiger partial charge in [0.15, 0.2) is 0 Å². The molecule has 0 bridgehead atoms. The SMILES string of the molecule is CCCNC(=O)[C@@H](CC)N(Cc1ccc(OC)cc1)C(=O)CCCN(c1cccc(Cl)c1C)S(C)(=O)=O. The molecule has 2 aromatic carbocycles. The van der Waals surface area contributed by atoms with Crippen LogP contribution in [0, 0.1) is 6.92 Å². The Kier molecular flexibility index (Phi) is 11.7. The number of sulfonamides is 1. The lowest BCUT2D eigenvalue weighted by Gasteiger charge is -2.31. The van der Waals surface area contributed by atoms with Crippen LogP contribution >= 0.6 is 11.6 Å². The molecule has 0 saturated heterocycles. The zero-order chi connectivity index (χ0) is 27.6. The first-order valence-corrected chi connectivity index (χ1v) is 14.7. The minimum Gasteiger partial charge on any atom is -0.497 e. The lowest BCUT2D eigenvalue weighted by Crippen LogP contribution is -2.49. The maximum atomic E-state index is 13.5. The first kappa shape index (κ1) is 30.4. The fourth-order valence-corrected chi connectivity index (χ4v) is 5.25. The van der Waals surface area contributed by atoms with Crippen LogP contribution in [-0.2, 0) is 26.2 Å². The van der Waals surface area contributed by atoms with E-state index in [1.54, 1.807) is 37.1 Å². The second-order valence-electron chi connectivity index (χ2n) is 8.91. The van der Waals surface area contributed by atoms with Crippen LogP contribution in [0.25, 0.3) is 0 Å². The number of hydrogen-bond donors (Lipinski definition) is 1. The number of nitrogens with one attached hydrogen (secondary N) is 1. The molecule has 0 unspecified atom stereocenters. The third-order valence-electron chi connectivity index (χ3n) is 6.11. The molecular weight excluding hydrogens is 514 g/mol. The Labute approximate surface area is 226 Å². The molecule has 1 N–H and O–H groups in total. The zero-order valence-corrected chi connectivity index (χ0v) is 23.9.